The highest BCUT2D eigenvalue weighted by Gasteiger charge is 2.41. The zero-order chi connectivity index (χ0) is 12.5. The first kappa shape index (κ1) is 12.6. The molecule has 1 aromatic rings. The van der Waals surface area contributed by atoms with Gasteiger partial charge in [0.15, 0.2) is 0 Å². The maximum Gasteiger partial charge on any atom is 0.0975 e. The number of rotatable bonds is 3. The molecule has 0 aromatic carbocycles. The van der Waals surface area contributed by atoms with Crippen molar-refractivity contribution < 1.29 is 9.84 Å². The van der Waals surface area contributed by atoms with E-state index in [1.54, 1.807) is 6.20 Å². The highest BCUT2D eigenvalue weighted by molar-refractivity contribution is 5.17. The second kappa shape index (κ2) is 4.42. The molecule has 4 heteroatoms. The molecule has 1 aliphatic heterocycles. The molecule has 1 N–H and O–H groups in total. The molecule has 0 spiro atoms. The number of aliphatic hydroxyl groups is 1. The molecule has 1 saturated heterocycles. The number of nitrogens with zero attached hydrogens (tertiary/aromatic N) is 2. The summed E-state index contributed by atoms with van der Waals surface area (Å²) in [5.74, 6) is 0. The van der Waals surface area contributed by atoms with E-state index in [9.17, 15) is 5.11 Å². The van der Waals surface area contributed by atoms with E-state index in [1.807, 2.05) is 24.7 Å². The van der Waals surface area contributed by atoms with Gasteiger partial charge in [-0.2, -0.15) is 5.10 Å². The first-order chi connectivity index (χ1) is 7.95. The molecule has 1 fully saturated rings. The number of hydrogen-bond acceptors (Lipinski definition) is 3. The van der Waals surface area contributed by atoms with Crippen molar-refractivity contribution in [3.8, 4) is 0 Å². The van der Waals surface area contributed by atoms with Gasteiger partial charge in [0.05, 0.1) is 24.0 Å². The van der Waals surface area contributed by atoms with E-state index in [1.165, 1.54) is 0 Å². The fourth-order valence-corrected chi connectivity index (χ4v) is 2.54. The van der Waals surface area contributed by atoms with E-state index in [0.29, 0.717) is 19.4 Å². The summed E-state index contributed by atoms with van der Waals surface area (Å²) in [5.41, 5.74) is -0.129. The van der Waals surface area contributed by atoms with Crippen molar-refractivity contribution in [3.63, 3.8) is 0 Å². The quantitative estimate of drug-likeness (QED) is 0.877. The minimum Gasteiger partial charge on any atom is -0.385 e. The van der Waals surface area contributed by atoms with E-state index < -0.39 is 5.60 Å². The first-order valence-electron chi connectivity index (χ1n) is 6.34. The minimum absolute atomic E-state index is 0.264. The summed E-state index contributed by atoms with van der Waals surface area (Å²) in [6.45, 7) is 7.66. The molecule has 4 nitrogen and oxygen atoms in total. The van der Waals surface area contributed by atoms with Gasteiger partial charge < -0.3 is 9.84 Å². The molecule has 0 amide bonds. The van der Waals surface area contributed by atoms with Gasteiger partial charge in [0.1, 0.15) is 0 Å². The number of ether oxygens (including phenoxy) is 1. The van der Waals surface area contributed by atoms with Crippen molar-refractivity contribution >= 4 is 0 Å². The molecule has 1 atom stereocenters. The molecule has 2 rings (SSSR count). The van der Waals surface area contributed by atoms with Crippen LogP contribution in [0.15, 0.2) is 12.4 Å². The summed E-state index contributed by atoms with van der Waals surface area (Å²) in [7, 11) is 0. The van der Waals surface area contributed by atoms with Crippen molar-refractivity contribution in [1.82, 2.24) is 9.78 Å². The summed E-state index contributed by atoms with van der Waals surface area (Å²) in [5, 5.41) is 15.0. The lowest BCUT2D eigenvalue weighted by atomic mass is 9.80. The Morgan fingerprint density at radius 3 is 2.94 bits per heavy atom. The van der Waals surface area contributed by atoms with Crippen molar-refractivity contribution in [3.05, 3.63) is 18.0 Å². The Labute approximate surface area is 103 Å². The van der Waals surface area contributed by atoms with Crippen LogP contribution in [0.5, 0.6) is 0 Å². The average molecular weight is 238 g/mol. The molecule has 0 aliphatic carbocycles. The standard InChI is InChI=1S/C13H22N2O2/c1-4-6-15-9-11(8-14-15)13(16)5-7-17-12(2,3)10-13/h8-9,16H,4-7,10H2,1-3H3. The minimum atomic E-state index is -0.784. The Kier molecular flexibility index (Phi) is 3.27. The molecule has 17 heavy (non-hydrogen) atoms. The van der Waals surface area contributed by atoms with Crippen molar-refractivity contribution in [2.45, 2.75) is 57.8 Å². The summed E-state index contributed by atoms with van der Waals surface area (Å²) in [6, 6.07) is 0. The number of aryl methyl sites for hydroxylation is 1. The molecule has 2 heterocycles. The molecule has 1 aliphatic rings. The van der Waals surface area contributed by atoms with Gasteiger partial charge in [-0.3, -0.25) is 4.68 Å². The highest BCUT2D eigenvalue weighted by Crippen LogP contribution is 2.39. The predicted octanol–water partition coefficient (Wildman–Crippen LogP) is 2.07. The lowest BCUT2D eigenvalue weighted by Crippen LogP contribution is -2.43. The SMILES string of the molecule is CCCn1cc(C2(O)CCOC(C)(C)C2)cn1. The van der Waals surface area contributed by atoms with Gasteiger partial charge in [0, 0.05) is 31.1 Å². The molecule has 1 aromatic heterocycles. The number of hydrogen-bond donors (Lipinski definition) is 1. The summed E-state index contributed by atoms with van der Waals surface area (Å²) >= 11 is 0. The van der Waals surface area contributed by atoms with Crippen LogP contribution in [0.4, 0.5) is 0 Å². The van der Waals surface area contributed by atoms with E-state index in [2.05, 4.69) is 12.0 Å². The molecule has 1 unspecified atom stereocenters. The Morgan fingerprint density at radius 1 is 1.53 bits per heavy atom. The van der Waals surface area contributed by atoms with E-state index in [4.69, 9.17) is 4.74 Å². The van der Waals surface area contributed by atoms with Crippen molar-refractivity contribution in [2.75, 3.05) is 6.61 Å². The highest BCUT2D eigenvalue weighted by atomic mass is 16.5. The van der Waals surface area contributed by atoms with Gasteiger partial charge in [0.25, 0.3) is 0 Å². The first-order valence-corrected chi connectivity index (χ1v) is 6.34. The van der Waals surface area contributed by atoms with Gasteiger partial charge in [-0.05, 0) is 20.3 Å². The van der Waals surface area contributed by atoms with Gasteiger partial charge in [0.2, 0.25) is 0 Å². The van der Waals surface area contributed by atoms with Crippen LogP contribution in [-0.2, 0) is 16.9 Å². The fraction of sp³-hybridized carbons (Fsp3) is 0.769. The molecular weight excluding hydrogens is 216 g/mol. The Morgan fingerprint density at radius 2 is 2.29 bits per heavy atom. The zero-order valence-corrected chi connectivity index (χ0v) is 10.9. The lowest BCUT2D eigenvalue weighted by Gasteiger charge is -2.41. The Hall–Kier alpha value is -0.870. The maximum absolute atomic E-state index is 10.7. The van der Waals surface area contributed by atoms with Crippen molar-refractivity contribution in [2.24, 2.45) is 0 Å². The zero-order valence-electron chi connectivity index (χ0n) is 10.9. The average Bonchev–Trinajstić information content (AvgIpc) is 2.65. The van der Waals surface area contributed by atoms with E-state index in [-0.39, 0.29) is 5.60 Å². The molecule has 0 bridgehead atoms. The van der Waals surface area contributed by atoms with E-state index >= 15 is 0 Å². The second-order valence-corrected chi connectivity index (χ2v) is 5.56. The topological polar surface area (TPSA) is 47.3 Å². The largest absolute Gasteiger partial charge is 0.385 e. The van der Waals surface area contributed by atoms with Crippen LogP contribution >= 0.6 is 0 Å². The van der Waals surface area contributed by atoms with Gasteiger partial charge in [-0.15, -0.1) is 0 Å². The third kappa shape index (κ3) is 2.69. The van der Waals surface area contributed by atoms with E-state index in [0.717, 1.165) is 18.5 Å². The van der Waals surface area contributed by atoms with Crippen LogP contribution in [0.1, 0.15) is 45.6 Å². The predicted molar refractivity (Wildman–Crippen MR) is 65.7 cm³/mol. The molecular formula is C13H22N2O2. The third-order valence-electron chi connectivity index (χ3n) is 3.35. The lowest BCUT2D eigenvalue weighted by molar-refractivity contribution is -0.148. The fourth-order valence-electron chi connectivity index (χ4n) is 2.54. The monoisotopic (exact) mass is 238 g/mol. The van der Waals surface area contributed by atoms with Gasteiger partial charge >= 0.3 is 0 Å². The van der Waals surface area contributed by atoms with Crippen LogP contribution in [0, 0.1) is 0 Å². The summed E-state index contributed by atoms with van der Waals surface area (Å²) < 4.78 is 7.55. The summed E-state index contributed by atoms with van der Waals surface area (Å²) in [6.07, 6.45) is 6.07. The normalized spacial score (nSPS) is 28.2. The van der Waals surface area contributed by atoms with Gasteiger partial charge in [-0.25, -0.2) is 0 Å². The van der Waals surface area contributed by atoms with Crippen LogP contribution in [-0.4, -0.2) is 27.1 Å². The Bertz CT molecular complexity index is 387. The Balaban J connectivity index is 2.18. The second-order valence-electron chi connectivity index (χ2n) is 5.56. The summed E-state index contributed by atoms with van der Waals surface area (Å²) in [4.78, 5) is 0. The van der Waals surface area contributed by atoms with Crippen molar-refractivity contribution in [1.29, 1.82) is 0 Å². The van der Waals surface area contributed by atoms with Crippen LogP contribution < -0.4 is 0 Å². The molecule has 0 saturated carbocycles. The van der Waals surface area contributed by atoms with Gasteiger partial charge in [-0.1, -0.05) is 6.92 Å². The molecule has 0 radical (unpaired) electrons. The van der Waals surface area contributed by atoms with Crippen LogP contribution in [0.3, 0.4) is 0 Å². The maximum atomic E-state index is 10.7. The smallest absolute Gasteiger partial charge is 0.0975 e. The third-order valence-corrected chi connectivity index (χ3v) is 3.35. The molecule has 96 valence electrons. The van der Waals surface area contributed by atoms with Crippen LogP contribution in [0.2, 0.25) is 0 Å². The van der Waals surface area contributed by atoms with Crippen LogP contribution in [0.25, 0.3) is 0 Å². The number of aromatic nitrogens is 2.